The largest absolute Gasteiger partial charge is 0.299 e. The third-order valence-corrected chi connectivity index (χ3v) is 5.97. The van der Waals surface area contributed by atoms with Crippen LogP contribution < -0.4 is 0 Å². The van der Waals surface area contributed by atoms with E-state index in [1.54, 1.807) is 11.8 Å². The Morgan fingerprint density at radius 2 is 1.86 bits per heavy atom. The normalized spacial score (nSPS) is 29.5. The van der Waals surface area contributed by atoms with Crippen molar-refractivity contribution in [2.24, 2.45) is 11.8 Å². The molecule has 1 unspecified atom stereocenters. The number of ketones is 1. The maximum Gasteiger partial charge on any atom is 0.242 e. The molecule has 1 aliphatic heterocycles. The van der Waals surface area contributed by atoms with E-state index < -0.39 is 0 Å². The lowest BCUT2D eigenvalue weighted by molar-refractivity contribution is -0.139. The fraction of sp³-hybridized carbons (Fsp3) is 0.824. The second-order valence-corrected chi connectivity index (χ2v) is 8.54. The zero-order valence-electron chi connectivity index (χ0n) is 13.8. The second kappa shape index (κ2) is 7.62. The van der Waals surface area contributed by atoms with E-state index in [-0.39, 0.29) is 23.0 Å². The van der Waals surface area contributed by atoms with Crippen molar-refractivity contribution in [3.8, 4) is 0 Å². The van der Waals surface area contributed by atoms with Gasteiger partial charge in [0.1, 0.15) is 5.78 Å². The van der Waals surface area contributed by atoms with Gasteiger partial charge in [-0.1, -0.05) is 20.8 Å². The summed E-state index contributed by atoms with van der Waals surface area (Å²) in [6.07, 6.45) is 4.71. The number of amides is 2. The molecular formula is C17H27NO3S. The van der Waals surface area contributed by atoms with Gasteiger partial charge in [0.25, 0.3) is 0 Å². The fourth-order valence-electron chi connectivity index (χ4n) is 3.49. The number of thioether (sulfide) groups is 1. The van der Waals surface area contributed by atoms with Gasteiger partial charge in [0.05, 0.1) is 5.25 Å². The SMILES string of the molecule is CCC(=O)[C@H]1CC[C@H](CN2C(=O)CC(SC(C)C)C2=O)CC1. The molecule has 1 atom stereocenters. The van der Waals surface area contributed by atoms with Crippen molar-refractivity contribution in [2.45, 2.75) is 69.8 Å². The molecule has 0 N–H and O–H groups in total. The van der Waals surface area contributed by atoms with Crippen LogP contribution in [0, 0.1) is 11.8 Å². The topological polar surface area (TPSA) is 54.5 Å². The van der Waals surface area contributed by atoms with E-state index in [0.717, 1.165) is 25.7 Å². The number of carbonyl (C=O) groups is 3. The van der Waals surface area contributed by atoms with Crippen LogP contribution in [0.2, 0.25) is 0 Å². The van der Waals surface area contributed by atoms with E-state index in [2.05, 4.69) is 13.8 Å². The average Bonchev–Trinajstić information content (AvgIpc) is 2.74. The number of Topliss-reactive ketones (excluding diaryl/α,β-unsaturated/α-hetero) is 1. The summed E-state index contributed by atoms with van der Waals surface area (Å²) in [5.41, 5.74) is 0. The Hall–Kier alpha value is -0.840. The molecule has 22 heavy (non-hydrogen) atoms. The van der Waals surface area contributed by atoms with Gasteiger partial charge in [-0.25, -0.2) is 0 Å². The van der Waals surface area contributed by atoms with Crippen LogP contribution in [0.15, 0.2) is 0 Å². The molecule has 4 nitrogen and oxygen atoms in total. The number of hydrogen-bond acceptors (Lipinski definition) is 4. The van der Waals surface area contributed by atoms with Gasteiger partial charge in [0, 0.05) is 25.3 Å². The highest BCUT2D eigenvalue weighted by Gasteiger charge is 2.40. The minimum Gasteiger partial charge on any atom is -0.299 e. The lowest BCUT2D eigenvalue weighted by Gasteiger charge is -2.30. The predicted molar refractivity (Wildman–Crippen MR) is 88.6 cm³/mol. The summed E-state index contributed by atoms with van der Waals surface area (Å²) in [5.74, 6) is 0.914. The third-order valence-electron chi connectivity index (χ3n) is 4.73. The van der Waals surface area contributed by atoms with E-state index in [4.69, 9.17) is 0 Å². The van der Waals surface area contributed by atoms with Crippen LogP contribution in [0.25, 0.3) is 0 Å². The van der Waals surface area contributed by atoms with Crippen molar-refractivity contribution in [1.29, 1.82) is 0 Å². The van der Waals surface area contributed by atoms with Gasteiger partial charge in [-0.15, -0.1) is 11.8 Å². The Labute approximate surface area is 137 Å². The molecule has 0 bridgehead atoms. The zero-order valence-corrected chi connectivity index (χ0v) is 14.7. The van der Waals surface area contributed by atoms with Gasteiger partial charge < -0.3 is 0 Å². The van der Waals surface area contributed by atoms with Gasteiger partial charge in [-0.2, -0.15) is 0 Å². The van der Waals surface area contributed by atoms with Crippen LogP contribution in [0.1, 0.15) is 59.3 Å². The van der Waals surface area contributed by atoms with Gasteiger partial charge in [-0.05, 0) is 36.9 Å². The molecule has 1 aliphatic carbocycles. The second-order valence-electron chi connectivity index (χ2n) is 6.76. The lowest BCUT2D eigenvalue weighted by Crippen LogP contribution is -2.37. The minimum atomic E-state index is -0.189. The molecule has 1 saturated carbocycles. The molecule has 2 amide bonds. The van der Waals surface area contributed by atoms with Gasteiger partial charge in [-0.3, -0.25) is 19.3 Å². The molecular weight excluding hydrogens is 298 g/mol. The highest BCUT2D eigenvalue weighted by atomic mass is 32.2. The molecule has 124 valence electrons. The number of nitrogens with zero attached hydrogens (tertiary/aromatic N) is 1. The molecule has 0 spiro atoms. The fourth-order valence-corrected chi connectivity index (χ4v) is 4.63. The first-order chi connectivity index (χ1) is 10.4. The Morgan fingerprint density at radius 1 is 1.23 bits per heavy atom. The first-order valence-electron chi connectivity index (χ1n) is 8.44. The summed E-state index contributed by atoms with van der Waals surface area (Å²) < 4.78 is 0. The quantitative estimate of drug-likeness (QED) is 0.704. The van der Waals surface area contributed by atoms with Crippen molar-refractivity contribution in [3.63, 3.8) is 0 Å². The van der Waals surface area contributed by atoms with Crippen LogP contribution in [0.3, 0.4) is 0 Å². The Kier molecular flexibility index (Phi) is 6.07. The van der Waals surface area contributed by atoms with E-state index in [1.807, 2.05) is 6.92 Å². The van der Waals surface area contributed by atoms with Crippen LogP contribution in [0.4, 0.5) is 0 Å². The Morgan fingerprint density at radius 3 is 2.41 bits per heavy atom. The number of rotatable bonds is 6. The van der Waals surface area contributed by atoms with E-state index >= 15 is 0 Å². The highest BCUT2D eigenvalue weighted by molar-refractivity contribution is 8.01. The molecule has 1 heterocycles. The first-order valence-corrected chi connectivity index (χ1v) is 9.39. The third kappa shape index (κ3) is 4.12. The van der Waals surface area contributed by atoms with Crippen molar-refractivity contribution in [2.75, 3.05) is 6.54 Å². The standard InChI is InChI=1S/C17H27NO3S/c1-4-14(19)13-7-5-12(6-8-13)10-18-16(20)9-15(17(18)21)22-11(2)3/h11-13,15H,4-10H2,1-3H3/t12-,13-,15?. The first kappa shape index (κ1) is 17.5. The monoisotopic (exact) mass is 325 g/mol. The summed E-state index contributed by atoms with van der Waals surface area (Å²) in [7, 11) is 0. The molecule has 2 fully saturated rings. The van der Waals surface area contributed by atoms with Crippen molar-refractivity contribution >= 4 is 29.4 Å². The molecule has 5 heteroatoms. The number of likely N-dealkylation sites (tertiary alicyclic amines) is 1. The number of hydrogen-bond donors (Lipinski definition) is 0. The van der Waals surface area contributed by atoms with E-state index in [0.29, 0.717) is 36.3 Å². The average molecular weight is 325 g/mol. The van der Waals surface area contributed by atoms with E-state index in [1.165, 1.54) is 4.90 Å². The summed E-state index contributed by atoms with van der Waals surface area (Å²) in [6.45, 7) is 6.58. The van der Waals surface area contributed by atoms with Gasteiger partial charge >= 0.3 is 0 Å². The molecule has 0 radical (unpaired) electrons. The molecule has 2 aliphatic rings. The highest BCUT2D eigenvalue weighted by Crippen LogP contribution is 2.33. The number of carbonyl (C=O) groups excluding carboxylic acids is 3. The Balaban J connectivity index is 1.85. The van der Waals surface area contributed by atoms with Crippen molar-refractivity contribution in [1.82, 2.24) is 4.90 Å². The molecule has 0 aromatic heterocycles. The summed E-state index contributed by atoms with van der Waals surface area (Å²) >= 11 is 1.59. The summed E-state index contributed by atoms with van der Waals surface area (Å²) in [4.78, 5) is 37.7. The smallest absolute Gasteiger partial charge is 0.242 e. The predicted octanol–water partition coefficient (Wildman–Crippen LogP) is 3.04. The van der Waals surface area contributed by atoms with Crippen LogP contribution in [-0.4, -0.2) is 39.5 Å². The van der Waals surface area contributed by atoms with Crippen LogP contribution in [0.5, 0.6) is 0 Å². The molecule has 1 saturated heterocycles. The van der Waals surface area contributed by atoms with Crippen molar-refractivity contribution < 1.29 is 14.4 Å². The van der Waals surface area contributed by atoms with Gasteiger partial charge in [0.15, 0.2) is 0 Å². The molecule has 0 aromatic rings. The minimum absolute atomic E-state index is 0.00421. The summed E-state index contributed by atoms with van der Waals surface area (Å²) in [6, 6.07) is 0. The van der Waals surface area contributed by atoms with E-state index in [9.17, 15) is 14.4 Å². The molecule has 2 rings (SSSR count). The maximum atomic E-state index is 12.4. The molecule has 0 aromatic carbocycles. The van der Waals surface area contributed by atoms with Crippen molar-refractivity contribution in [3.05, 3.63) is 0 Å². The summed E-state index contributed by atoms with van der Waals surface area (Å²) in [5, 5.41) is 0.169. The maximum absolute atomic E-state index is 12.4. The lowest BCUT2D eigenvalue weighted by atomic mass is 9.79. The number of imide groups is 1. The van der Waals surface area contributed by atoms with Gasteiger partial charge in [0.2, 0.25) is 11.8 Å². The van der Waals surface area contributed by atoms with Crippen LogP contribution in [-0.2, 0) is 14.4 Å². The zero-order chi connectivity index (χ0) is 16.3. The van der Waals surface area contributed by atoms with Crippen LogP contribution >= 0.6 is 11.8 Å². The Bertz CT molecular complexity index is 441.